The van der Waals surface area contributed by atoms with Crippen LogP contribution in [0.3, 0.4) is 0 Å². The van der Waals surface area contributed by atoms with Gasteiger partial charge in [0.15, 0.2) is 0 Å². The normalized spacial score (nSPS) is 22.8. The van der Waals surface area contributed by atoms with Crippen LogP contribution in [0.5, 0.6) is 5.75 Å². The van der Waals surface area contributed by atoms with Crippen LogP contribution in [-0.4, -0.2) is 79.6 Å². The van der Waals surface area contributed by atoms with Crippen LogP contribution in [0.25, 0.3) is 0 Å². The number of hydrogen-bond donors (Lipinski definition) is 0. The Kier molecular flexibility index (Phi) is 6.32. The molecule has 2 saturated heterocycles. The molecule has 1 atom stereocenters. The summed E-state index contributed by atoms with van der Waals surface area (Å²) in [6.45, 7) is 8.57. The lowest BCUT2D eigenvalue weighted by Crippen LogP contribution is -2.53. The second-order valence-corrected chi connectivity index (χ2v) is 7.18. The standard InChI is InChI=1S/C20H31N3O2/c1-3-25-19-9-7-17(8-10-19)20(24)23-14-12-22(13-15-23)16-18-6-4-5-11-21(18)2/h7-10,18H,3-6,11-16H2,1-2H3. The van der Waals surface area contributed by atoms with E-state index in [0.29, 0.717) is 12.6 Å². The summed E-state index contributed by atoms with van der Waals surface area (Å²) >= 11 is 0. The van der Waals surface area contributed by atoms with Gasteiger partial charge in [-0.25, -0.2) is 0 Å². The Bertz CT molecular complexity index is 553. The molecule has 0 radical (unpaired) electrons. The molecule has 138 valence electrons. The second kappa shape index (κ2) is 8.68. The van der Waals surface area contributed by atoms with E-state index in [1.165, 1.54) is 25.8 Å². The fourth-order valence-corrected chi connectivity index (χ4v) is 3.85. The average Bonchev–Trinajstić information content (AvgIpc) is 2.65. The maximum atomic E-state index is 12.7. The number of carbonyl (C=O) groups excluding carboxylic acids is 1. The lowest BCUT2D eigenvalue weighted by molar-refractivity contribution is 0.0565. The van der Waals surface area contributed by atoms with E-state index in [4.69, 9.17) is 4.74 Å². The van der Waals surface area contributed by atoms with Crippen molar-refractivity contribution in [3.63, 3.8) is 0 Å². The molecule has 2 heterocycles. The molecule has 3 rings (SSSR count). The summed E-state index contributed by atoms with van der Waals surface area (Å²) in [5.74, 6) is 0.956. The van der Waals surface area contributed by atoms with Crippen molar-refractivity contribution in [1.29, 1.82) is 0 Å². The maximum absolute atomic E-state index is 12.7. The summed E-state index contributed by atoms with van der Waals surface area (Å²) in [4.78, 5) is 19.7. The van der Waals surface area contributed by atoms with Crippen LogP contribution in [0.1, 0.15) is 36.5 Å². The minimum atomic E-state index is 0.137. The van der Waals surface area contributed by atoms with Gasteiger partial charge in [-0.15, -0.1) is 0 Å². The van der Waals surface area contributed by atoms with Crippen LogP contribution in [-0.2, 0) is 0 Å². The minimum Gasteiger partial charge on any atom is -0.494 e. The number of benzene rings is 1. The molecule has 0 N–H and O–H groups in total. The Morgan fingerprint density at radius 1 is 1.08 bits per heavy atom. The largest absolute Gasteiger partial charge is 0.494 e. The highest BCUT2D eigenvalue weighted by Crippen LogP contribution is 2.18. The quantitative estimate of drug-likeness (QED) is 0.821. The van der Waals surface area contributed by atoms with E-state index in [1.807, 2.05) is 36.1 Å². The van der Waals surface area contributed by atoms with Gasteiger partial charge < -0.3 is 14.5 Å². The predicted molar refractivity (Wildman–Crippen MR) is 100 cm³/mol. The van der Waals surface area contributed by atoms with Crippen LogP contribution >= 0.6 is 0 Å². The molecule has 1 unspecified atom stereocenters. The van der Waals surface area contributed by atoms with E-state index in [0.717, 1.165) is 44.0 Å². The Balaban J connectivity index is 1.48. The number of amides is 1. The molecule has 1 amide bonds. The monoisotopic (exact) mass is 345 g/mol. The van der Waals surface area contributed by atoms with Gasteiger partial charge in [-0.2, -0.15) is 0 Å². The molecule has 0 saturated carbocycles. The van der Waals surface area contributed by atoms with Crippen molar-refractivity contribution in [2.24, 2.45) is 0 Å². The first-order valence-electron chi connectivity index (χ1n) is 9.62. The number of likely N-dealkylation sites (N-methyl/N-ethyl adjacent to an activating group) is 1. The molecule has 1 aromatic rings. The van der Waals surface area contributed by atoms with E-state index < -0.39 is 0 Å². The highest BCUT2D eigenvalue weighted by atomic mass is 16.5. The Morgan fingerprint density at radius 2 is 1.80 bits per heavy atom. The van der Waals surface area contributed by atoms with Gasteiger partial charge in [0, 0.05) is 44.3 Å². The Morgan fingerprint density at radius 3 is 2.44 bits per heavy atom. The molecule has 0 aromatic heterocycles. The highest BCUT2D eigenvalue weighted by molar-refractivity contribution is 5.94. The van der Waals surface area contributed by atoms with E-state index in [1.54, 1.807) is 0 Å². The van der Waals surface area contributed by atoms with Crippen molar-refractivity contribution >= 4 is 5.91 Å². The van der Waals surface area contributed by atoms with E-state index in [-0.39, 0.29) is 5.91 Å². The summed E-state index contributed by atoms with van der Waals surface area (Å²) < 4.78 is 5.45. The predicted octanol–water partition coefficient (Wildman–Crippen LogP) is 2.33. The number of piperidine rings is 1. The van der Waals surface area contributed by atoms with E-state index in [2.05, 4.69) is 16.8 Å². The van der Waals surface area contributed by atoms with Crippen LogP contribution in [0.2, 0.25) is 0 Å². The summed E-state index contributed by atoms with van der Waals surface area (Å²) in [7, 11) is 2.25. The third-order valence-electron chi connectivity index (χ3n) is 5.46. The molecule has 0 aliphatic carbocycles. The molecule has 25 heavy (non-hydrogen) atoms. The summed E-state index contributed by atoms with van der Waals surface area (Å²) in [6, 6.07) is 8.19. The van der Waals surface area contributed by atoms with Gasteiger partial charge in [0.25, 0.3) is 5.91 Å². The number of carbonyl (C=O) groups is 1. The lowest BCUT2D eigenvalue weighted by Gasteiger charge is -2.40. The highest BCUT2D eigenvalue weighted by Gasteiger charge is 2.26. The van der Waals surface area contributed by atoms with Crippen LogP contribution in [0, 0.1) is 0 Å². The van der Waals surface area contributed by atoms with Gasteiger partial charge >= 0.3 is 0 Å². The molecular formula is C20H31N3O2. The molecule has 0 bridgehead atoms. The second-order valence-electron chi connectivity index (χ2n) is 7.18. The maximum Gasteiger partial charge on any atom is 0.253 e. The zero-order chi connectivity index (χ0) is 17.6. The van der Waals surface area contributed by atoms with Crippen molar-refractivity contribution in [3.8, 4) is 5.75 Å². The third-order valence-corrected chi connectivity index (χ3v) is 5.46. The molecule has 0 spiro atoms. The number of hydrogen-bond acceptors (Lipinski definition) is 4. The number of ether oxygens (including phenoxy) is 1. The SMILES string of the molecule is CCOc1ccc(C(=O)N2CCN(CC3CCCCN3C)CC2)cc1. The third kappa shape index (κ3) is 4.73. The van der Waals surface area contributed by atoms with Crippen molar-refractivity contribution in [2.75, 3.05) is 52.9 Å². The van der Waals surface area contributed by atoms with Crippen molar-refractivity contribution in [3.05, 3.63) is 29.8 Å². The van der Waals surface area contributed by atoms with Crippen molar-refractivity contribution in [1.82, 2.24) is 14.7 Å². The zero-order valence-corrected chi connectivity index (χ0v) is 15.6. The smallest absolute Gasteiger partial charge is 0.253 e. The first-order valence-corrected chi connectivity index (χ1v) is 9.62. The molecule has 5 heteroatoms. The van der Waals surface area contributed by atoms with Crippen LogP contribution < -0.4 is 4.74 Å². The van der Waals surface area contributed by atoms with Crippen LogP contribution in [0.15, 0.2) is 24.3 Å². The Labute approximate surface area is 151 Å². The lowest BCUT2D eigenvalue weighted by atomic mass is 10.0. The first kappa shape index (κ1) is 18.2. The van der Waals surface area contributed by atoms with Gasteiger partial charge in [0.05, 0.1) is 6.61 Å². The van der Waals surface area contributed by atoms with Crippen LogP contribution in [0.4, 0.5) is 0 Å². The number of likely N-dealkylation sites (tertiary alicyclic amines) is 1. The molecule has 5 nitrogen and oxygen atoms in total. The molecule has 2 fully saturated rings. The fourth-order valence-electron chi connectivity index (χ4n) is 3.85. The number of rotatable bonds is 5. The fraction of sp³-hybridized carbons (Fsp3) is 0.650. The van der Waals surface area contributed by atoms with Gasteiger partial charge in [-0.05, 0) is 57.6 Å². The minimum absolute atomic E-state index is 0.137. The first-order chi connectivity index (χ1) is 12.2. The number of piperazine rings is 1. The molecule has 2 aliphatic heterocycles. The van der Waals surface area contributed by atoms with E-state index >= 15 is 0 Å². The van der Waals surface area contributed by atoms with Crippen molar-refractivity contribution < 1.29 is 9.53 Å². The topological polar surface area (TPSA) is 36.0 Å². The van der Waals surface area contributed by atoms with Gasteiger partial charge in [-0.1, -0.05) is 6.42 Å². The number of nitrogens with zero attached hydrogens (tertiary/aromatic N) is 3. The zero-order valence-electron chi connectivity index (χ0n) is 15.6. The summed E-state index contributed by atoms with van der Waals surface area (Å²) in [5.41, 5.74) is 0.754. The molecule has 2 aliphatic rings. The van der Waals surface area contributed by atoms with Crippen molar-refractivity contribution in [2.45, 2.75) is 32.2 Å². The Hall–Kier alpha value is -1.59. The van der Waals surface area contributed by atoms with E-state index in [9.17, 15) is 4.79 Å². The van der Waals surface area contributed by atoms with Gasteiger partial charge in [0.2, 0.25) is 0 Å². The average molecular weight is 345 g/mol. The van der Waals surface area contributed by atoms with Gasteiger partial charge in [0.1, 0.15) is 5.75 Å². The van der Waals surface area contributed by atoms with Gasteiger partial charge in [-0.3, -0.25) is 9.69 Å². The summed E-state index contributed by atoms with van der Waals surface area (Å²) in [6.07, 6.45) is 3.99. The molecular weight excluding hydrogens is 314 g/mol. The summed E-state index contributed by atoms with van der Waals surface area (Å²) in [5, 5.41) is 0. The molecule has 1 aromatic carbocycles.